The first-order valence-electron chi connectivity index (χ1n) is 6.60. The molecule has 0 saturated heterocycles. The van der Waals surface area contributed by atoms with E-state index < -0.39 is 24.2 Å². The second-order valence-corrected chi connectivity index (χ2v) is 4.61. The van der Waals surface area contributed by atoms with E-state index in [1.165, 1.54) is 0 Å². The fourth-order valence-electron chi connectivity index (χ4n) is 1.63. The summed E-state index contributed by atoms with van der Waals surface area (Å²) in [6, 6.07) is 8.13. The summed E-state index contributed by atoms with van der Waals surface area (Å²) in [6.45, 7) is 0.347. The van der Waals surface area contributed by atoms with Crippen LogP contribution < -0.4 is 11.1 Å². The molecular formula is C14H20N2O5. The van der Waals surface area contributed by atoms with Crippen molar-refractivity contribution >= 4 is 12.1 Å². The third-order valence-corrected chi connectivity index (χ3v) is 2.80. The standard InChI is InChI=1S/C14H20N2O5/c15-12(13(18)19)8-11(17)6-7-16-14(20)21-9-10-4-2-1-3-5-10/h1-5,11-12,17H,6-9,15H2,(H,16,20)(H,18,19). The normalized spacial score (nSPS) is 13.2. The van der Waals surface area contributed by atoms with Gasteiger partial charge in [-0.2, -0.15) is 0 Å². The SMILES string of the molecule is NC(CC(O)CCNC(=O)OCc1ccccc1)C(=O)O. The molecule has 5 N–H and O–H groups in total. The number of carbonyl (C=O) groups excluding carboxylic acids is 1. The largest absolute Gasteiger partial charge is 0.480 e. The van der Waals surface area contributed by atoms with E-state index in [1.54, 1.807) is 0 Å². The Morgan fingerprint density at radius 1 is 1.29 bits per heavy atom. The number of amides is 1. The number of carboxylic acid groups (broad SMARTS) is 1. The molecule has 0 spiro atoms. The average Bonchev–Trinajstić information content (AvgIpc) is 2.46. The van der Waals surface area contributed by atoms with Crippen LogP contribution in [0, 0.1) is 0 Å². The Hall–Kier alpha value is -2.12. The third kappa shape index (κ3) is 7.28. The van der Waals surface area contributed by atoms with Crippen molar-refractivity contribution in [3.8, 4) is 0 Å². The smallest absolute Gasteiger partial charge is 0.407 e. The highest BCUT2D eigenvalue weighted by atomic mass is 16.5. The van der Waals surface area contributed by atoms with Crippen LogP contribution in [0.1, 0.15) is 18.4 Å². The van der Waals surface area contributed by atoms with Crippen molar-refractivity contribution in [2.24, 2.45) is 5.73 Å². The first kappa shape index (κ1) is 16.9. The van der Waals surface area contributed by atoms with E-state index in [1.807, 2.05) is 30.3 Å². The molecule has 1 aromatic carbocycles. The van der Waals surface area contributed by atoms with Crippen molar-refractivity contribution < 1.29 is 24.5 Å². The molecule has 1 amide bonds. The second kappa shape index (κ2) is 8.93. The van der Waals surface area contributed by atoms with Crippen molar-refractivity contribution in [2.45, 2.75) is 31.6 Å². The Morgan fingerprint density at radius 3 is 2.57 bits per heavy atom. The minimum atomic E-state index is -1.16. The molecule has 116 valence electrons. The average molecular weight is 296 g/mol. The molecular weight excluding hydrogens is 276 g/mol. The fraction of sp³-hybridized carbons (Fsp3) is 0.429. The van der Waals surface area contributed by atoms with E-state index in [2.05, 4.69) is 5.32 Å². The highest BCUT2D eigenvalue weighted by Crippen LogP contribution is 2.02. The van der Waals surface area contributed by atoms with Crippen LogP contribution in [0.4, 0.5) is 4.79 Å². The van der Waals surface area contributed by atoms with Crippen LogP contribution in [0.5, 0.6) is 0 Å². The van der Waals surface area contributed by atoms with Crippen LogP contribution in [-0.4, -0.2) is 41.0 Å². The van der Waals surface area contributed by atoms with Gasteiger partial charge >= 0.3 is 12.1 Å². The minimum absolute atomic E-state index is 0.0594. The molecule has 0 aliphatic heterocycles. The monoisotopic (exact) mass is 296 g/mol. The van der Waals surface area contributed by atoms with Crippen LogP contribution in [0.2, 0.25) is 0 Å². The number of aliphatic hydroxyl groups is 1. The molecule has 0 aliphatic rings. The van der Waals surface area contributed by atoms with E-state index in [9.17, 15) is 14.7 Å². The molecule has 1 rings (SSSR count). The number of benzene rings is 1. The number of nitrogens with two attached hydrogens (primary N) is 1. The molecule has 21 heavy (non-hydrogen) atoms. The summed E-state index contributed by atoms with van der Waals surface area (Å²) in [4.78, 5) is 21.9. The van der Waals surface area contributed by atoms with Gasteiger partial charge in [0.05, 0.1) is 6.10 Å². The molecule has 0 saturated carbocycles. The summed E-state index contributed by atoms with van der Waals surface area (Å²) in [5.41, 5.74) is 6.16. The van der Waals surface area contributed by atoms with Gasteiger partial charge in [0.2, 0.25) is 0 Å². The zero-order valence-electron chi connectivity index (χ0n) is 11.6. The third-order valence-electron chi connectivity index (χ3n) is 2.80. The van der Waals surface area contributed by atoms with E-state index in [-0.39, 0.29) is 26.0 Å². The van der Waals surface area contributed by atoms with Gasteiger partial charge in [-0.05, 0) is 18.4 Å². The van der Waals surface area contributed by atoms with Gasteiger partial charge in [-0.3, -0.25) is 4.79 Å². The van der Waals surface area contributed by atoms with Crippen LogP contribution in [0.25, 0.3) is 0 Å². The molecule has 2 atom stereocenters. The van der Waals surface area contributed by atoms with Crippen LogP contribution in [-0.2, 0) is 16.1 Å². The van der Waals surface area contributed by atoms with Crippen LogP contribution >= 0.6 is 0 Å². The lowest BCUT2D eigenvalue weighted by Crippen LogP contribution is -2.35. The predicted octanol–water partition coefficient (Wildman–Crippen LogP) is 0.466. The first-order valence-corrected chi connectivity index (χ1v) is 6.60. The van der Waals surface area contributed by atoms with Crippen molar-refractivity contribution in [3.05, 3.63) is 35.9 Å². The van der Waals surface area contributed by atoms with E-state index in [4.69, 9.17) is 15.6 Å². The second-order valence-electron chi connectivity index (χ2n) is 4.61. The van der Waals surface area contributed by atoms with Gasteiger partial charge in [-0.15, -0.1) is 0 Å². The van der Waals surface area contributed by atoms with Gasteiger partial charge in [0.15, 0.2) is 0 Å². The maximum absolute atomic E-state index is 11.4. The topological polar surface area (TPSA) is 122 Å². The number of carbonyl (C=O) groups is 2. The molecule has 2 unspecified atom stereocenters. The number of carboxylic acids is 1. The van der Waals surface area contributed by atoms with E-state index in [0.717, 1.165) is 5.56 Å². The number of nitrogens with one attached hydrogen (secondary N) is 1. The molecule has 0 fully saturated rings. The van der Waals surface area contributed by atoms with Crippen LogP contribution in [0.3, 0.4) is 0 Å². The van der Waals surface area contributed by atoms with Crippen molar-refractivity contribution in [2.75, 3.05) is 6.54 Å². The quantitative estimate of drug-likeness (QED) is 0.553. The Kier molecular flexibility index (Phi) is 7.20. The summed E-state index contributed by atoms with van der Waals surface area (Å²) in [7, 11) is 0. The molecule has 0 bridgehead atoms. The van der Waals surface area contributed by atoms with Gasteiger partial charge in [0.1, 0.15) is 12.6 Å². The van der Waals surface area contributed by atoms with Crippen molar-refractivity contribution in [1.29, 1.82) is 0 Å². The van der Waals surface area contributed by atoms with Crippen LogP contribution in [0.15, 0.2) is 30.3 Å². The number of ether oxygens (including phenoxy) is 1. The summed E-state index contributed by atoms with van der Waals surface area (Å²) in [6.07, 6.45) is -1.32. The van der Waals surface area contributed by atoms with Gasteiger partial charge in [0.25, 0.3) is 0 Å². The number of hydrogen-bond acceptors (Lipinski definition) is 5. The maximum atomic E-state index is 11.4. The molecule has 1 aromatic rings. The number of aliphatic hydroxyl groups excluding tert-OH is 1. The molecule has 0 radical (unpaired) electrons. The number of hydrogen-bond donors (Lipinski definition) is 4. The lowest BCUT2D eigenvalue weighted by atomic mass is 10.1. The van der Waals surface area contributed by atoms with Gasteiger partial charge in [-0.25, -0.2) is 4.79 Å². The zero-order chi connectivity index (χ0) is 15.7. The van der Waals surface area contributed by atoms with E-state index >= 15 is 0 Å². The first-order chi connectivity index (χ1) is 9.99. The Balaban J connectivity index is 2.14. The number of aliphatic carboxylic acids is 1. The predicted molar refractivity (Wildman–Crippen MR) is 75.5 cm³/mol. The lowest BCUT2D eigenvalue weighted by molar-refractivity contribution is -0.139. The fourth-order valence-corrected chi connectivity index (χ4v) is 1.63. The highest BCUT2D eigenvalue weighted by Gasteiger charge is 2.16. The van der Waals surface area contributed by atoms with Crippen molar-refractivity contribution in [3.63, 3.8) is 0 Å². The lowest BCUT2D eigenvalue weighted by Gasteiger charge is -2.13. The maximum Gasteiger partial charge on any atom is 0.407 e. The molecule has 7 nitrogen and oxygen atoms in total. The Labute approximate surface area is 122 Å². The summed E-state index contributed by atoms with van der Waals surface area (Å²) in [5, 5.41) is 20.6. The van der Waals surface area contributed by atoms with Gasteiger partial charge in [-0.1, -0.05) is 30.3 Å². The Bertz CT molecular complexity index is 452. The summed E-state index contributed by atoms with van der Waals surface area (Å²) in [5.74, 6) is -1.16. The van der Waals surface area contributed by atoms with E-state index in [0.29, 0.717) is 0 Å². The molecule has 0 heterocycles. The minimum Gasteiger partial charge on any atom is -0.480 e. The highest BCUT2D eigenvalue weighted by molar-refractivity contribution is 5.73. The number of rotatable bonds is 8. The Morgan fingerprint density at radius 2 is 1.95 bits per heavy atom. The van der Waals surface area contributed by atoms with Gasteiger partial charge < -0.3 is 26.0 Å². The van der Waals surface area contributed by atoms with Gasteiger partial charge in [0, 0.05) is 6.54 Å². The molecule has 7 heteroatoms. The van der Waals surface area contributed by atoms with Crippen molar-refractivity contribution in [1.82, 2.24) is 5.32 Å². The summed E-state index contributed by atoms with van der Waals surface area (Å²) < 4.78 is 4.98. The molecule has 0 aromatic heterocycles. The summed E-state index contributed by atoms with van der Waals surface area (Å²) >= 11 is 0. The number of alkyl carbamates (subject to hydrolysis) is 1. The molecule has 0 aliphatic carbocycles. The zero-order valence-corrected chi connectivity index (χ0v) is 11.6.